The Hall–Kier alpha value is -2.04. The predicted octanol–water partition coefficient (Wildman–Crippen LogP) is 4.53. The van der Waals surface area contributed by atoms with Crippen LogP contribution in [0.3, 0.4) is 0 Å². The summed E-state index contributed by atoms with van der Waals surface area (Å²) >= 11 is 6.19. The second-order valence-corrected chi connectivity index (χ2v) is 7.13. The van der Waals surface area contributed by atoms with E-state index in [2.05, 4.69) is 10.2 Å². The molecule has 0 unspecified atom stereocenters. The van der Waals surface area contributed by atoms with Crippen LogP contribution in [-0.2, 0) is 0 Å². The fraction of sp³-hybridized carbons (Fsp3) is 0.350. The molecule has 2 heterocycles. The highest BCUT2D eigenvalue weighted by Crippen LogP contribution is 2.37. The number of carbonyl (C=O) groups is 1. The zero-order valence-corrected chi connectivity index (χ0v) is 14.9. The van der Waals surface area contributed by atoms with Gasteiger partial charge in [0.1, 0.15) is 0 Å². The van der Waals surface area contributed by atoms with Gasteiger partial charge in [-0.25, -0.2) is 0 Å². The lowest BCUT2D eigenvalue weighted by Crippen LogP contribution is -2.40. The molecule has 4 nitrogen and oxygen atoms in total. The van der Waals surface area contributed by atoms with Crippen molar-refractivity contribution >= 4 is 34.6 Å². The average molecular weight is 356 g/mol. The number of fused-ring (bicyclic) bond motifs is 2. The van der Waals surface area contributed by atoms with Crippen molar-refractivity contribution in [1.29, 1.82) is 0 Å². The zero-order chi connectivity index (χ0) is 17.2. The fourth-order valence-electron chi connectivity index (χ4n) is 3.67. The van der Waals surface area contributed by atoms with Crippen LogP contribution in [0.2, 0.25) is 5.02 Å². The monoisotopic (exact) mass is 355 g/mol. The molecule has 0 radical (unpaired) electrons. The summed E-state index contributed by atoms with van der Waals surface area (Å²) in [5, 5.41) is 4.04. The molecule has 0 spiro atoms. The van der Waals surface area contributed by atoms with Crippen LogP contribution in [0.1, 0.15) is 29.6 Å². The van der Waals surface area contributed by atoms with E-state index in [-0.39, 0.29) is 5.91 Å². The van der Waals surface area contributed by atoms with Gasteiger partial charge >= 0.3 is 0 Å². The summed E-state index contributed by atoms with van der Waals surface area (Å²) in [7, 11) is 0. The van der Waals surface area contributed by atoms with Crippen LogP contribution < -0.4 is 10.2 Å². The van der Waals surface area contributed by atoms with E-state index < -0.39 is 0 Å². The van der Waals surface area contributed by atoms with Crippen LogP contribution in [0.5, 0.6) is 0 Å². The largest absolute Gasteiger partial charge is 0.353 e. The second-order valence-electron chi connectivity index (χ2n) is 6.69. The van der Waals surface area contributed by atoms with Gasteiger partial charge in [0.05, 0.1) is 22.6 Å². The van der Waals surface area contributed by atoms with Crippen molar-refractivity contribution in [3.8, 4) is 0 Å². The number of nitrogens with zero attached hydrogens (tertiary/aromatic N) is 2. The SMILES string of the molecule is O=C1c2ccccc2Nc2cc(Cl)ccc2N1CCN1CCCCC1. The maximum Gasteiger partial charge on any atom is 0.260 e. The van der Waals surface area contributed by atoms with Crippen molar-refractivity contribution in [2.24, 2.45) is 0 Å². The lowest BCUT2D eigenvalue weighted by atomic mass is 10.1. The third-order valence-electron chi connectivity index (χ3n) is 5.01. The highest BCUT2D eigenvalue weighted by atomic mass is 35.5. The predicted molar refractivity (Wildman–Crippen MR) is 103 cm³/mol. The summed E-state index contributed by atoms with van der Waals surface area (Å²) in [6.07, 6.45) is 3.83. The van der Waals surface area contributed by atoms with Crippen molar-refractivity contribution in [1.82, 2.24) is 4.90 Å². The average Bonchev–Trinajstić information content (AvgIpc) is 2.75. The van der Waals surface area contributed by atoms with Gasteiger partial charge in [-0.05, 0) is 56.3 Å². The number of likely N-dealkylation sites (tertiary alicyclic amines) is 1. The number of hydrogen-bond acceptors (Lipinski definition) is 3. The summed E-state index contributed by atoms with van der Waals surface area (Å²) in [6, 6.07) is 13.3. The Labute approximate surface area is 153 Å². The smallest absolute Gasteiger partial charge is 0.260 e. The quantitative estimate of drug-likeness (QED) is 0.878. The van der Waals surface area contributed by atoms with E-state index in [1.807, 2.05) is 47.4 Å². The van der Waals surface area contributed by atoms with Crippen LogP contribution in [0.25, 0.3) is 0 Å². The Morgan fingerprint density at radius 3 is 2.60 bits per heavy atom. The first-order chi connectivity index (χ1) is 12.2. The molecule has 2 aromatic rings. The number of amides is 1. The molecular formula is C20H22ClN3O. The summed E-state index contributed by atoms with van der Waals surface area (Å²) < 4.78 is 0. The molecule has 1 fully saturated rings. The normalized spacial score (nSPS) is 17.5. The Morgan fingerprint density at radius 1 is 0.960 bits per heavy atom. The van der Waals surface area contributed by atoms with Crippen molar-refractivity contribution in [3.05, 3.63) is 53.1 Å². The summed E-state index contributed by atoms with van der Waals surface area (Å²) in [5.74, 6) is 0.0428. The first kappa shape index (κ1) is 16.4. The van der Waals surface area contributed by atoms with Gasteiger partial charge in [-0.1, -0.05) is 30.2 Å². The summed E-state index contributed by atoms with van der Waals surface area (Å²) in [5.41, 5.74) is 3.30. The molecule has 0 saturated carbocycles. The number of carbonyl (C=O) groups excluding carboxylic acids is 1. The third kappa shape index (κ3) is 3.37. The first-order valence-electron chi connectivity index (χ1n) is 8.92. The second kappa shape index (κ2) is 7.06. The molecule has 130 valence electrons. The van der Waals surface area contributed by atoms with Crippen LogP contribution in [0.15, 0.2) is 42.5 Å². The van der Waals surface area contributed by atoms with Crippen molar-refractivity contribution in [2.45, 2.75) is 19.3 Å². The molecular weight excluding hydrogens is 334 g/mol. The first-order valence-corrected chi connectivity index (χ1v) is 9.30. The maximum atomic E-state index is 13.2. The van der Waals surface area contributed by atoms with Crippen molar-refractivity contribution in [2.75, 3.05) is 36.4 Å². The molecule has 0 atom stereocenters. The van der Waals surface area contributed by atoms with Gasteiger partial charge in [-0.2, -0.15) is 0 Å². The minimum atomic E-state index is 0.0428. The van der Waals surface area contributed by atoms with E-state index in [0.717, 1.165) is 36.7 Å². The molecule has 2 aromatic carbocycles. The van der Waals surface area contributed by atoms with Gasteiger partial charge in [0.2, 0.25) is 0 Å². The highest BCUT2D eigenvalue weighted by molar-refractivity contribution is 6.31. The number of piperidine rings is 1. The van der Waals surface area contributed by atoms with E-state index >= 15 is 0 Å². The molecule has 2 aliphatic rings. The van der Waals surface area contributed by atoms with E-state index in [1.54, 1.807) is 0 Å². The van der Waals surface area contributed by atoms with E-state index in [9.17, 15) is 4.79 Å². The molecule has 4 rings (SSSR count). The lowest BCUT2D eigenvalue weighted by molar-refractivity contribution is 0.0983. The van der Waals surface area contributed by atoms with E-state index in [4.69, 9.17) is 11.6 Å². The van der Waals surface area contributed by atoms with Crippen molar-refractivity contribution in [3.63, 3.8) is 0 Å². The number of anilines is 3. The minimum Gasteiger partial charge on any atom is -0.353 e. The Morgan fingerprint density at radius 2 is 1.76 bits per heavy atom. The highest BCUT2D eigenvalue weighted by Gasteiger charge is 2.27. The van der Waals surface area contributed by atoms with Gasteiger partial charge in [0.25, 0.3) is 5.91 Å². The van der Waals surface area contributed by atoms with Crippen molar-refractivity contribution < 1.29 is 4.79 Å². The number of halogens is 1. The molecule has 1 saturated heterocycles. The number of nitrogens with one attached hydrogen (secondary N) is 1. The van der Waals surface area contributed by atoms with E-state index in [0.29, 0.717) is 17.1 Å². The number of hydrogen-bond donors (Lipinski definition) is 1. The van der Waals surface area contributed by atoms with Gasteiger partial charge in [0, 0.05) is 18.1 Å². The molecule has 1 N–H and O–H groups in total. The van der Waals surface area contributed by atoms with Crippen LogP contribution >= 0.6 is 11.6 Å². The van der Waals surface area contributed by atoms with Gasteiger partial charge < -0.3 is 15.1 Å². The van der Waals surface area contributed by atoms with Gasteiger partial charge in [0.15, 0.2) is 0 Å². The Bertz CT molecular complexity index is 786. The summed E-state index contributed by atoms with van der Waals surface area (Å²) in [4.78, 5) is 17.5. The fourth-order valence-corrected chi connectivity index (χ4v) is 3.84. The molecule has 0 aliphatic carbocycles. The van der Waals surface area contributed by atoms with Gasteiger partial charge in [-0.3, -0.25) is 4.79 Å². The standard InChI is InChI=1S/C20H22ClN3O/c21-15-8-9-19-18(14-15)22-17-7-3-2-6-16(17)20(25)24(19)13-12-23-10-4-1-5-11-23/h2-3,6-9,14,22H,1,4-5,10-13H2. The van der Waals surface area contributed by atoms with Crippen LogP contribution in [0.4, 0.5) is 17.1 Å². The van der Waals surface area contributed by atoms with Crippen LogP contribution in [0, 0.1) is 0 Å². The number of para-hydroxylation sites is 1. The molecule has 2 aliphatic heterocycles. The molecule has 5 heteroatoms. The Kier molecular flexibility index (Phi) is 4.64. The Balaban J connectivity index is 1.67. The zero-order valence-electron chi connectivity index (χ0n) is 14.2. The molecule has 25 heavy (non-hydrogen) atoms. The van der Waals surface area contributed by atoms with Crippen LogP contribution in [-0.4, -0.2) is 37.0 Å². The molecule has 1 amide bonds. The lowest BCUT2D eigenvalue weighted by Gasteiger charge is -2.30. The van der Waals surface area contributed by atoms with E-state index in [1.165, 1.54) is 19.3 Å². The molecule has 0 aromatic heterocycles. The number of rotatable bonds is 3. The van der Waals surface area contributed by atoms with Gasteiger partial charge in [-0.15, -0.1) is 0 Å². The number of benzene rings is 2. The summed E-state index contributed by atoms with van der Waals surface area (Å²) in [6.45, 7) is 3.84. The minimum absolute atomic E-state index is 0.0428. The maximum absolute atomic E-state index is 13.2. The third-order valence-corrected chi connectivity index (χ3v) is 5.24. The molecule has 0 bridgehead atoms. The topological polar surface area (TPSA) is 35.6 Å².